The first-order chi connectivity index (χ1) is 8.78. The number of nitrogen functional groups attached to an aromatic ring is 1. The van der Waals surface area contributed by atoms with Crippen LogP contribution in [0.4, 0.5) is 10.8 Å². The maximum absolute atomic E-state index is 5.99. The average Bonchev–Trinajstić information content (AvgIpc) is 3.15. The highest BCUT2D eigenvalue weighted by atomic mass is 32.1. The van der Waals surface area contributed by atoms with E-state index in [1.165, 1.54) is 42.8 Å². The van der Waals surface area contributed by atoms with Crippen molar-refractivity contribution < 1.29 is 0 Å². The first-order valence-corrected chi connectivity index (χ1v) is 7.79. The van der Waals surface area contributed by atoms with Crippen molar-refractivity contribution >= 4 is 22.4 Å². The lowest BCUT2D eigenvalue weighted by Gasteiger charge is -2.32. The van der Waals surface area contributed by atoms with Gasteiger partial charge in [-0.2, -0.15) is 4.37 Å². The van der Waals surface area contributed by atoms with Gasteiger partial charge in [-0.05, 0) is 56.2 Å². The first kappa shape index (κ1) is 12.2. The number of nitrogens with zero attached hydrogens (tertiary/aromatic N) is 2. The number of aromatic nitrogens is 1. The van der Waals surface area contributed by atoms with Crippen LogP contribution in [0.25, 0.3) is 0 Å². The molecule has 3 N–H and O–H groups in total. The predicted octanol–water partition coefficient (Wildman–Crippen LogP) is 2.50. The van der Waals surface area contributed by atoms with Crippen molar-refractivity contribution in [2.24, 2.45) is 0 Å². The minimum atomic E-state index is 0.566. The SMILES string of the molecule is CCN1CCCC(Nc2snc(N)c2C2CC2)C1. The van der Waals surface area contributed by atoms with Crippen LogP contribution in [0.15, 0.2) is 0 Å². The third kappa shape index (κ3) is 2.47. The Bertz CT molecular complexity index is 413. The van der Waals surface area contributed by atoms with Crippen LogP contribution in [0.5, 0.6) is 0 Å². The number of likely N-dealkylation sites (N-methyl/N-ethyl adjacent to an activating group) is 1. The summed E-state index contributed by atoms with van der Waals surface area (Å²) in [7, 11) is 0. The van der Waals surface area contributed by atoms with E-state index in [-0.39, 0.29) is 0 Å². The Balaban J connectivity index is 1.68. The molecule has 5 heteroatoms. The lowest BCUT2D eigenvalue weighted by Crippen LogP contribution is -2.41. The molecule has 18 heavy (non-hydrogen) atoms. The molecule has 0 spiro atoms. The Morgan fingerprint density at radius 1 is 1.44 bits per heavy atom. The number of nitrogens with two attached hydrogens (primary N) is 1. The molecular weight excluding hydrogens is 244 g/mol. The van der Waals surface area contributed by atoms with E-state index in [0.29, 0.717) is 12.0 Å². The van der Waals surface area contributed by atoms with E-state index in [4.69, 9.17) is 5.73 Å². The number of piperidine rings is 1. The molecule has 3 rings (SSSR count). The summed E-state index contributed by atoms with van der Waals surface area (Å²) in [5, 5.41) is 4.92. The van der Waals surface area contributed by atoms with Gasteiger partial charge in [-0.3, -0.25) is 0 Å². The Hall–Kier alpha value is -0.810. The van der Waals surface area contributed by atoms with Gasteiger partial charge in [0.25, 0.3) is 0 Å². The molecule has 1 aliphatic carbocycles. The predicted molar refractivity (Wildman–Crippen MR) is 77.3 cm³/mol. The summed E-state index contributed by atoms with van der Waals surface area (Å²) < 4.78 is 4.33. The van der Waals surface area contributed by atoms with Crippen LogP contribution >= 0.6 is 11.5 Å². The summed E-state index contributed by atoms with van der Waals surface area (Å²) in [5.74, 6) is 1.44. The second-order valence-corrected chi connectivity index (χ2v) is 6.24. The van der Waals surface area contributed by atoms with Gasteiger partial charge in [0.2, 0.25) is 0 Å². The van der Waals surface area contributed by atoms with Crippen molar-refractivity contribution in [2.75, 3.05) is 30.7 Å². The van der Waals surface area contributed by atoms with Crippen molar-refractivity contribution in [1.82, 2.24) is 9.27 Å². The molecule has 0 bridgehead atoms. The van der Waals surface area contributed by atoms with E-state index in [2.05, 4.69) is 21.5 Å². The van der Waals surface area contributed by atoms with Gasteiger partial charge in [0.1, 0.15) is 10.8 Å². The second kappa shape index (κ2) is 5.05. The maximum Gasteiger partial charge on any atom is 0.142 e. The average molecular weight is 266 g/mol. The van der Waals surface area contributed by atoms with Crippen LogP contribution in [-0.4, -0.2) is 34.9 Å². The number of nitrogens with one attached hydrogen (secondary N) is 1. The van der Waals surface area contributed by atoms with Crippen LogP contribution in [0.1, 0.15) is 44.1 Å². The van der Waals surface area contributed by atoms with Gasteiger partial charge in [0.15, 0.2) is 0 Å². The zero-order chi connectivity index (χ0) is 12.5. The van der Waals surface area contributed by atoms with Crippen molar-refractivity contribution in [2.45, 2.75) is 44.6 Å². The van der Waals surface area contributed by atoms with Crippen molar-refractivity contribution in [3.05, 3.63) is 5.56 Å². The zero-order valence-corrected chi connectivity index (χ0v) is 11.8. The van der Waals surface area contributed by atoms with Crippen LogP contribution < -0.4 is 11.1 Å². The number of likely N-dealkylation sites (tertiary alicyclic amines) is 1. The highest BCUT2D eigenvalue weighted by molar-refractivity contribution is 7.10. The summed E-state index contributed by atoms with van der Waals surface area (Å²) in [6.07, 6.45) is 5.11. The van der Waals surface area contributed by atoms with Gasteiger partial charge >= 0.3 is 0 Å². The molecule has 1 saturated heterocycles. The molecule has 1 saturated carbocycles. The number of hydrogen-bond acceptors (Lipinski definition) is 5. The minimum Gasteiger partial charge on any atom is -0.383 e. The number of hydrogen-bond donors (Lipinski definition) is 2. The van der Waals surface area contributed by atoms with Crippen molar-refractivity contribution in [1.29, 1.82) is 0 Å². The monoisotopic (exact) mass is 266 g/mol. The second-order valence-electron chi connectivity index (χ2n) is 5.46. The molecule has 100 valence electrons. The molecular formula is C13H22N4S. The van der Waals surface area contributed by atoms with Gasteiger partial charge in [-0.25, -0.2) is 0 Å². The standard InChI is InChI=1S/C13H22N4S/c1-2-17-7-3-4-10(8-17)15-13-11(9-5-6-9)12(14)16-18-13/h9-10,15H,2-8H2,1H3,(H2,14,16). The third-order valence-electron chi connectivity index (χ3n) is 4.03. The zero-order valence-electron chi connectivity index (χ0n) is 11.0. The van der Waals surface area contributed by atoms with Crippen LogP contribution in [0.3, 0.4) is 0 Å². The molecule has 2 aliphatic rings. The van der Waals surface area contributed by atoms with E-state index in [1.54, 1.807) is 11.5 Å². The summed E-state index contributed by atoms with van der Waals surface area (Å²) in [6, 6.07) is 0.566. The maximum atomic E-state index is 5.99. The summed E-state index contributed by atoms with van der Waals surface area (Å²) >= 11 is 1.54. The molecule has 2 fully saturated rings. The van der Waals surface area contributed by atoms with Crippen LogP contribution in [-0.2, 0) is 0 Å². The largest absolute Gasteiger partial charge is 0.383 e. The van der Waals surface area contributed by atoms with E-state index < -0.39 is 0 Å². The topological polar surface area (TPSA) is 54.2 Å². The van der Waals surface area contributed by atoms with Crippen LogP contribution in [0, 0.1) is 0 Å². The number of rotatable bonds is 4. The quantitative estimate of drug-likeness (QED) is 0.879. The van der Waals surface area contributed by atoms with Crippen LogP contribution in [0.2, 0.25) is 0 Å². The highest BCUT2D eigenvalue weighted by Gasteiger charge is 2.31. The summed E-state index contributed by atoms with van der Waals surface area (Å²) in [5.41, 5.74) is 7.29. The normalized spacial score (nSPS) is 25.3. The van der Waals surface area contributed by atoms with Gasteiger partial charge in [0.05, 0.1) is 0 Å². The first-order valence-electron chi connectivity index (χ1n) is 7.02. The molecule has 1 unspecified atom stereocenters. The number of anilines is 2. The minimum absolute atomic E-state index is 0.566. The Labute approximate surface area is 113 Å². The Morgan fingerprint density at radius 2 is 2.28 bits per heavy atom. The highest BCUT2D eigenvalue weighted by Crippen LogP contribution is 2.47. The van der Waals surface area contributed by atoms with Gasteiger partial charge in [-0.1, -0.05) is 6.92 Å². The molecule has 0 amide bonds. The Kier molecular flexibility index (Phi) is 3.43. The fourth-order valence-electron chi connectivity index (χ4n) is 2.83. The molecule has 1 atom stereocenters. The fourth-order valence-corrected chi connectivity index (χ4v) is 3.70. The molecule has 0 radical (unpaired) electrons. The van der Waals surface area contributed by atoms with E-state index in [9.17, 15) is 0 Å². The van der Waals surface area contributed by atoms with Gasteiger partial charge in [0, 0.05) is 18.2 Å². The third-order valence-corrected chi connectivity index (χ3v) is 4.84. The molecule has 4 nitrogen and oxygen atoms in total. The van der Waals surface area contributed by atoms with E-state index >= 15 is 0 Å². The summed E-state index contributed by atoms with van der Waals surface area (Å²) in [6.45, 7) is 5.79. The molecule has 1 aromatic heterocycles. The molecule has 1 aromatic rings. The molecule has 0 aromatic carbocycles. The Morgan fingerprint density at radius 3 is 3.00 bits per heavy atom. The van der Waals surface area contributed by atoms with Gasteiger partial charge < -0.3 is 16.0 Å². The molecule has 2 heterocycles. The smallest absolute Gasteiger partial charge is 0.142 e. The molecule has 1 aliphatic heterocycles. The lowest BCUT2D eigenvalue weighted by molar-refractivity contribution is 0.227. The van der Waals surface area contributed by atoms with E-state index in [1.807, 2.05) is 0 Å². The fraction of sp³-hybridized carbons (Fsp3) is 0.769. The van der Waals surface area contributed by atoms with Crippen molar-refractivity contribution in [3.8, 4) is 0 Å². The van der Waals surface area contributed by atoms with Gasteiger partial charge in [-0.15, -0.1) is 0 Å². The van der Waals surface area contributed by atoms with E-state index in [0.717, 1.165) is 18.9 Å². The summed E-state index contributed by atoms with van der Waals surface area (Å²) in [4.78, 5) is 2.52. The lowest BCUT2D eigenvalue weighted by atomic mass is 10.1. The van der Waals surface area contributed by atoms with Crippen molar-refractivity contribution in [3.63, 3.8) is 0 Å².